The van der Waals surface area contributed by atoms with Gasteiger partial charge >= 0.3 is 5.97 Å². The van der Waals surface area contributed by atoms with Crippen LogP contribution in [0.5, 0.6) is 0 Å². The Hall–Kier alpha value is -2.59. The zero-order valence-corrected chi connectivity index (χ0v) is 17.2. The van der Waals surface area contributed by atoms with Crippen molar-refractivity contribution in [3.05, 3.63) is 44.8 Å². The number of aromatic amines is 1. The number of anilines is 1. The molecule has 0 unspecified atom stereocenters. The topological polar surface area (TPSA) is 102 Å². The maximum absolute atomic E-state index is 12.3. The lowest BCUT2D eigenvalue weighted by atomic mass is 10.1. The summed E-state index contributed by atoms with van der Waals surface area (Å²) in [7, 11) is 0. The van der Waals surface area contributed by atoms with Crippen LogP contribution >= 0.6 is 12.2 Å². The van der Waals surface area contributed by atoms with Crippen molar-refractivity contribution >= 4 is 24.1 Å². The number of nitrogens with zero attached hydrogens (tertiary/aromatic N) is 4. The van der Waals surface area contributed by atoms with Gasteiger partial charge in [-0.2, -0.15) is 0 Å². The van der Waals surface area contributed by atoms with E-state index in [0.717, 1.165) is 18.7 Å². The molecule has 1 fully saturated rings. The van der Waals surface area contributed by atoms with Crippen molar-refractivity contribution in [3.63, 3.8) is 0 Å². The fraction of sp³-hybridized carbons (Fsp3) is 0.526. The SMILES string of the molecule is CCOC(=O)CCCn1cc(Cc2cnc(N3CCOCC3)nc2)c(=O)[nH]c1=S. The molecule has 3 heterocycles. The Labute approximate surface area is 173 Å². The van der Waals surface area contributed by atoms with E-state index in [1.165, 1.54) is 0 Å². The Balaban J connectivity index is 1.66. The van der Waals surface area contributed by atoms with E-state index >= 15 is 0 Å². The van der Waals surface area contributed by atoms with Gasteiger partial charge in [-0.3, -0.25) is 14.6 Å². The fourth-order valence-electron chi connectivity index (χ4n) is 3.06. The lowest BCUT2D eigenvalue weighted by molar-refractivity contribution is -0.143. The number of ether oxygens (including phenoxy) is 2. The van der Waals surface area contributed by atoms with E-state index in [-0.39, 0.29) is 11.5 Å². The molecule has 10 heteroatoms. The molecule has 0 spiro atoms. The van der Waals surface area contributed by atoms with E-state index in [0.29, 0.717) is 61.9 Å². The average molecular weight is 420 g/mol. The van der Waals surface area contributed by atoms with Crippen LogP contribution in [-0.4, -0.2) is 58.4 Å². The molecule has 0 amide bonds. The van der Waals surface area contributed by atoms with Crippen LogP contribution in [0.2, 0.25) is 0 Å². The summed E-state index contributed by atoms with van der Waals surface area (Å²) in [5.74, 6) is 0.432. The first-order valence-corrected chi connectivity index (χ1v) is 10.1. The number of hydrogen-bond donors (Lipinski definition) is 1. The number of hydrogen-bond acceptors (Lipinski definition) is 8. The number of carbonyl (C=O) groups is 1. The molecule has 0 atom stereocenters. The summed E-state index contributed by atoms with van der Waals surface area (Å²) < 4.78 is 12.4. The number of aryl methyl sites for hydroxylation is 1. The number of nitrogens with one attached hydrogen (secondary N) is 1. The van der Waals surface area contributed by atoms with E-state index in [1.54, 1.807) is 30.1 Å². The molecule has 156 valence electrons. The predicted octanol–water partition coefficient (Wildman–Crippen LogP) is 1.47. The molecule has 3 rings (SSSR count). The van der Waals surface area contributed by atoms with Crippen LogP contribution in [0, 0.1) is 4.77 Å². The number of morpholine rings is 1. The number of esters is 1. The average Bonchev–Trinajstić information content (AvgIpc) is 2.72. The van der Waals surface area contributed by atoms with Gasteiger partial charge in [-0.1, -0.05) is 0 Å². The van der Waals surface area contributed by atoms with Crippen LogP contribution < -0.4 is 10.5 Å². The maximum Gasteiger partial charge on any atom is 0.305 e. The molecule has 1 aliphatic heterocycles. The molecule has 1 saturated heterocycles. The maximum atomic E-state index is 12.3. The van der Waals surface area contributed by atoms with Crippen molar-refractivity contribution < 1.29 is 14.3 Å². The molecule has 0 bridgehead atoms. The Morgan fingerprint density at radius 1 is 1.31 bits per heavy atom. The minimum Gasteiger partial charge on any atom is -0.466 e. The summed E-state index contributed by atoms with van der Waals surface area (Å²) >= 11 is 5.23. The van der Waals surface area contributed by atoms with Crippen molar-refractivity contribution in [2.45, 2.75) is 32.7 Å². The first-order valence-electron chi connectivity index (χ1n) is 9.68. The van der Waals surface area contributed by atoms with Gasteiger partial charge in [0.05, 0.1) is 19.8 Å². The van der Waals surface area contributed by atoms with E-state index in [4.69, 9.17) is 21.7 Å². The minimum absolute atomic E-state index is 0.228. The normalized spacial score (nSPS) is 14.0. The molecule has 29 heavy (non-hydrogen) atoms. The highest BCUT2D eigenvalue weighted by Crippen LogP contribution is 2.11. The van der Waals surface area contributed by atoms with Crippen molar-refractivity contribution in [3.8, 4) is 0 Å². The van der Waals surface area contributed by atoms with Crippen LogP contribution in [0.15, 0.2) is 23.4 Å². The van der Waals surface area contributed by atoms with Gasteiger partial charge in [0.25, 0.3) is 5.56 Å². The third-order valence-electron chi connectivity index (χ3n) is 4.55. The second-order valence-electron chi connectivity index (χ2n) is 6.68. The number of carbonyl (C=O) groups excluding carboxylic acids is 1. The summed E-state index contributed by atoms with van der Waals surface area (Å²) in [4.78, 5) is 37.4. The predicted molar refractivity (Wildman–Crippen MR) is 110 cm³/mol. The smallest absolute Gasteiger partial charge is 0.305 e. The van der Waals surface area contributed by atoms with Gasteiger partial charge in [0.2, 0.25) is 5.95 Å². The van der Waals surface area contributed by atoms with Gasteiger partial charge < -0.3 is 18.9 Å². The first kappa shape index (κ1) is 21.1. The van der Waals surface area contributed by atoms with Gasteiger partial charge in [0.1, 0.15) is 0 Å². The molecular weight excluding hydrogens is 394 g/mol. The monoisotopic (exact) mass is 419 g/mol. The summed E-state index contributed by atoms with van der Waals surface area (Å²) in [6.45, 7) is 5.55. The number of rotatable bonds is 8. The van der Waals surface area contributed by atoms with Crippen molar-refractivity contribution in [2.75, 3.05) is 37.8 Å². The minimum atomic E-state index is -0.235. The van der Waals surface area contributed by atoms with Crippen LogP contribution in [0.1, 0.15) is 30.9 Å². The summed E-state index contributed by atoms with van der Waals surface area (Å²) in [6, 6.07) is 0. The standard InChI is InChI=1S/C19H25N5O4S/c1-2-28-16(25)4-3-5-24-13-15(17(26)22-19(24)29)10-14-11-20-18(21-12-14)23-6-8-27-9-7-23/h11-13H,2-10H2,1H3,(H,22,26,29). The van der Waals surface area contributed by atoms with Crippen molar-refractivity contribution in [1.82, 2.24) is 19.5 Å². The van der Waals surface area contributed by atoms with Crippen LogP contribution in [0.4, 0.5) is 5.95 Å². The zero-order chi connectivity index (χ0) is 20.6. The molecule has 0 aromatic carbocycles. The molecule has 2 aromatic rings. The van der Waals surface area contributed by atoms with E-state index in [1.807, 2.05) is 0 Å². The Bertz CT molecular complexity index is 935. The van der Waals surface area contributed by atoms with Crippen LogP contribution in [0.3, 0.4) is 0 Å². The Kier molecular flexibility index (Phi) is 7.48. The van der Waals surface area contributed by atoms with Crippen molar-refractivity contribution in [2.24, 2.45) is 0 Å². The second-order valence-corrected chi connectivity index (χ2v) is 7.07. The fourth-order valence-corrected chi connectivity index (χ4v) is 3.30. The van der Waals surface area contributed by atoms with E-state index in [9.17, 15) is 9.59 Å². The summed E-state index contributed by atoms with van der Waals surface area (Å²) in [5.41, 5.74) is 1.18. The second kappa shape index (κ2) is 10.3. The summed E-state index contributed by atoms with van der Waals surface area (Å²) in [6.07, 6.45) is 6.50. The first-order chi connectivity index (χ1) is 14.1. The highest BCUT2D eigenvalue weighted by atomic mass is 32.1. The van der Waals surface area contributed by atoms with Crippen molar-refractivity contribution in [1.29, 1.82) is 0 Å². The molecule has 0 saturated carbocycles. The molecule has 9 nitrogen and oxygen atoms in total. The highest BCUT2D eigenvalue weighted by Gasteiger charge is 2.14. The number of H-pyrrole nitrogens is 1. The summed E-state index contributed by atoms with van der Waals surface area (Å²) in [5, 5.41) is 0. The van der Waals surface area contributed by atoms with Gasteiger partial charge in [-0.15, -0.1) is 0 Å². The van der Waals surface area contributed by atoms with Gasteiger partial charge in [0, 0.05) is 56.6 Å². The lowest BCUT2D eigenvalue weighted by Gasteiger charge is -2.26. The number of aromatic nitrogens is 4. The Morgan fingerprint density at radius 3 is 2.72 bits per heavy atom. The van der Waals surface area contributed by atoms with E-state index in [2.05, 4.69) is 19.9 Å². The molecular formula is C19H25N5O4S. The molecule has 1 N–H and O–H groups in total. The van der Waals surface area contributed by atoms with Gasteiger partial charge in [-0.25, -0.2) is 9.97 Å². The molecule has 0 radical (unpaired) electrons. The van der Waals surface area contributed by atoms with Crippen LogP contribution in [-0.2, 0) is 27.2 Å². The third-order valence-corrected chi connectivity index (χ3v) is 4.89. The van der Waals surface area contributed by atoms with Gasteiger partial charge in [0.15, 0.2) is 4.77 Å². The van der Waals surface area contributed by atoms with E-state index < -0.39 is 0 Å². The Morgan fingerprint density at radius 2 is 2.03 bits per heavy atom. The molecule has 2 aromatic heterocycles. The van der Waals surface area contributed by atoms with Gasteiger partial charge in [-0.05, 0) is 31.1 Å². The lowest BCUT2D eigenvalue weighted by Crippen LogP contribution is -2.37. The molecule has 0 aliphatic carbocycles. The molecule has 1 aliphatic rings. The largest absolute Gasteiger partial charge is 0.466 e. The van der Waals surface area contributed by atoms with Crippen LogP contribution in [0.25, 0.3) is 0 Å². The zero-order valence-electron chi connectivity index (χ0n) is 16.4. The quantitative estimate of drug-likeness (QED) is 0.507. The third kappa shape index (κ3) is 5.94. The highest BCUT2D eigenvalue weighted by molar-refractivity contribution is 7.71.